The van der Waals surface area contributed by atoms with Gasteiger partial charge in [-0.05, 0) is 0 Å². The third-order valence-electron chi connectivity index (χ3n) is 0.914. The molecule has 0 N–H and O–H groups in total. The molecule has 0 aliphatic carbocycles. The molecule has 0 saturated carbocycles. The Balaban J connectivity index is 0. The topological polar surface area (TPSA) is 9.23 Å². The molecule has 1 rings (SSSR count). The van der Waals surface area contributed by atoms with Crippen molar-refractivity contribution in [3.05, 3.63) is 30.3 Å². The molecule has 1 nitrogen and oxygen atoms in total. The van der Waals surface area contributed by atoms with Gasteiger partial charge in [0.05, 0.1) is 7.11 Å². The molecule has 0 amide bonds. The molecule has 1 aromatic rings. The van der Waals surface area contributed by atoms with Crippen LogP contribution in [-0.2, 0) is 0 Å². The Kier molecular flexibility index (Phi) is 9.15. The van der Waals surface area contributed by atoms with E-state index in [9.17, 15) is 0 Å². The van der Waals surface area contributed by atoms with Gasteiger partial charge >= 0.3 is 23.1 Å². The van der Waals surface area contributed by atoms with E-state index >= 15 is 0 Å². The van der Waals surface area contributed by atoms with Crippen molar-refractivity contribution in [2.45, 2.75) is 0 Å². The molecule has 0 aliphatic heterocycles. The van der Waals surface area contributed by atoms with Gasteiger partial charge in [0.2, 0.25) is 0 Å². The average Bonchev–Trinajstić information content (AvgIpc) is 1.90. The Morgan fingerprint density at radius 3 is 2.50 bits per heavy atom. The molecule has 1 aromatic carbocycles. The molecule has 0 radical (unpaired) electrons. The smallest absolute Gasteiger partial charge is 1.00 e. The van der Waals surface area contributed by atoms with Crippen molar-refractivity contribution in [3.8, 4) is 5.75 Å². The number of rotatable bonds is 1. The molecule has 0 bridgehead atoms. The molecule has 0 fully saturated rings. The van der Waals surface area contributed by atoms with Crippen molar-refractivity contribution >= 4 is 23.1 Å². The molecular weight excluding hydrogens is 160 g/mol. The van der Waals surface area contributed by atoms with Gasteiger partial charge in [-0.3, -0.25) is 0 Å². The second-order valence-corrected chi connectivity index (χ2v) is 1.44. The first-order valence-corrected chi connectivity index (χ1v) is 2.43. The van der Waals surface area contributed by atoms with Crippen molar-refractivity contribution in [2.75, 3.05) is 7.11 Å². The van der Waals surface area contributed by atoms with Gasteiger partial charge < -0.3 is 17.1 Å². The SMILES string of the molecule is COc1c[c-]ccc1.[Cl-].[Mg+2]. The summed E-state index contributed by atoms with van der Waals surface area (Å²) < 4.78 is 4.88. The molecule has 3 heteroatoms. The van der Waals surface area contributed by atoms with Crippen LogP contribution in [0.4, 0.5) is 0 Å². The Bertz CT molecular complexity index is 155. The fraction of sp³-hybridized carbons (Fsp3) is 0.143. The van der Waals surface area contributed by atoms with E-state index in [0.29, 0.717) is 0 Å². The number of hydrogen-bond acceptors (Lipinski definition) is 1. The first-order valence-electron chi connectivity index (χ1n) is 2.43. The van der Waals surface area contributed by atoms with Crippen LogP contribution >= 0.6 is 0 Å². The first kappa shape index (κ1) is 12.7. The summed E-state index contributed by atoms with van der Waals surface area (Å²) in [6, 6.07) is 10.3. The van der Waals surface area contributed by atoms with Crippen LogP contribution in [0.2, 0.25) is 0 Å². The largest absolute Gasteiger partial charge is 2.00 e. The number of ether oxygens (including phenoxy) is 1. The van der Waals surface area contributed by atoms with Gasteiger partial charge in [-0.25, -0.2) is 0 Å². The van der Waals surface area contributed by atoms with E-state index in [4.69, 9.17) is 4.74 Å². The van der Waals surface area contributed by atoms with Gasteiger partial charge in [-0.1, -0.05) is 0 Å². The summed E-state index contributed by atoms with van der Waals surface area (Å²) in [5, 5.41) is 0. The number of hydrogen-bond donors (Lipinski definition) is 0. The molecule has 10 heavy (non-hydrogen) atoms. The maximum Gasteiger partial charge on any atom is 2.00 e. The maximum atomic E-state index is 4.88. The molecular formula is C7H7ClMgO. The van der Waals surface area contributed by atoms with Gasteiger partial charge in [0.25, 0.3) is 0 Å². The van der Waals surface area contributed by atoms with E-state index in [2.05, 4.69) is 6.07 Å². The molecule has 0 aromatic heterocycles. The molecule has 0 saturated heterocycles. The van der Waals surface area contributed by atoms with Gasteiger partial charge in [0, 0.05) is 5.75 Å². The van der Waals surface area contributed by atoms with Crippen LogP contribution in [0.1, 0.15) is 0 Å². The normalized spacial score (nSPS) is 6.90. The predicted octanol–water partition coefficient (Wildman–Crippen LogP) is -1.88. The van der Waals surface area contributed by atoms with E-state index in [1.807, 2.05) is 18.2 Å². The van der Waals surface area contributed by atoms with Gasteiger partial charge in [-0.2, -0.15) is 18.2 Å². The predicted molar refractivity (Wildman–Crippen MR) is 37.6 cm³/mol. The molecule has 0 spiro atoms. The van der Waals surface area contributed by atoms with Crippen molar-refractivity contribution in [1.29, 1.82) is 0 Å². The van der Waals surface area contributed by atoms with Gasteiger partial charge in [-0.15, -0.1) is 12.1 Å². The van der Waals surface area contributed by atoms with Crippen molar-refractivity contribution in [1.82, 2.24) is 0 Å². The maximum absolute atomic E-state index is 4.88. The van der Waals surface area contributed by atoms with Crippen LogP contribution in [0, 0.1) is 6.07 Å². The standard InChI is InChI=1S/C7H7O.ClH.Mg/c1-8-7-5-3-2-4-6-7;;/h2-3,5-6H,1H3;1H;/q-1;;+2/p-1. The van der Waals surface area contributed by atoms with Crippen molar-refractivity contribution in [3.63, 3.8) is 0 Å². The molecule has 0 unspecified atom stereocenters. The van der Waals surface area contributed by atoms with E-state index in [1.54, 1.807) is 13.2 Å². The van der Waals surface area contributed by atoms with Crippen LogP contribution in [0.15, 0.2) is 24.3 Å². The summed E-state index contributed by atoms with van der Waals surface area (Å²) in [7, 11) is 1.64. The Labute approximate surface area is 83.3 Å². The minimum Gasteiger partial charge on any atom is -1.00 e. The Morgan fingerprint density at radius 2 is 2.20 bits per heavy atom. The quantitative estimate of drug-likeness (QED) is 0.351. The summed E-state index contributed by atoms with van der Waals surface area (Å²) in [5.74, 6) is 0.854. The van der Waals surface area contributed by atoms with E-state index in [-0.39, 0.29) is 35.5 Å². The minimum absolute atomic E-state index is 0. The molecule has 50 valence electrons. The van der Waals surface area contributed by atoms with Gasteiger partial charge in [0.1, 0.15) is 0 Å². The van der Waals surface area contributed by atoms with Gasteiger partial charge in [0.15, 0.2) is 0 Å². The zero-order chi connectivity index (χ0) is 5.82. The number of benzene rings is 1. The van der Waals surface area contributed by atoms with Crippen LogP contribution in [0.25, 0.3) is 0 Å². The second kappa shape index (κ2) is 7.19. The zero-order valence-corrected chi connectivity index (χ0v) is 7.97. The van der Waals surface area contributed by atoms with Crippen LogP contribution in [-0.4, -0.2) is 30.2 Å². The van der Waals surface area contributed by atoms with Crippen molar-refractivity contribution in [2.24, 2.45) is 0 Å². The number of halogens is 1. The third kappa shape index (κ3) is 3.98. The van der Waals surface area contributed by atoms with Crippen LogP contribution in [0.3, 0.4) is 0 Å². The average molecular weight is 167 g/mol. The fourth-order valence-electron chi connectivity index (χ4n) is 0.504. The summed E-state index contributed by atoms with van der Waals surface area (Å²) in [6.45, 7) is 0. The number of methoxy groups -OCH3 is 1. The van der Waals surface area contributed by atoms with E-state index in [1.165, 1.54) is 0 Å². The Hall–Kier alpha value is 0.0762. The summed E-state index contributed by atoms with van der Waals surface area (Å²) in [6.07, 6.45) is 0. The third-order valence-corrected chi connectivity index (χ3v) is 0.914. The summed E-state index contributed by atoms with van der Waals surface area (Å²) >= 11 is 0. The van der Waals surface area contributed by atoms with Crippen LogP contribution < -0.4 is 17.1 Å². The van der Waals surface area contributed by atoms with E-state index in [0.717, 1.165) is 5.75 Å². The van der Waals surface area contributed by atoms with E-state index < -0.39 is 0 Å². The Morgan fingerprint density at radius 1 is 1.50 bits per heavy atom. The van der Waals surface area contributed by atoms with Crippen molar-refractivity contribution < 1.29 is 17.1 Å². The molecule has 0 atom stereocenters. The monoisotopic (exact) mass is 166 g/mol. The summed E-state index contributed by atoms with van der Waals surface area (Å²) in [4.78, 5) is 0. The fourth-order valence-corrected chi connectivity index (χ4v) is 0.504. The minimum atomic E-state index is 0. The summed E-state index contributed by atoms with van der Waals surface area (Å²) in [5.41, 5.74) is 0. The van der Waals surface area contributed by atoms with Crippen LogP contribution in [0.5, 0.6) is 5.75 Å². The molecule has 0 heterocycles. The second-order valence-electron chi connectivity index (χ2n) is 1.44. The molecule has 0 aliphatic rings. The zero-order valence-electron chi connectivity index (χ0n) is 5.80. The first-order chi connectivity index (χ1) is 3.93.